The highest BCUT2D eigenvalue weighted by molar-refractivity contribution is 5.42. The van der Waals surface area contributed by atoms with Gasteiger partial charge in [0.15, 0.2) is 11.5 Å². The van der Waals surface area contributed by atoms with Crippen LogP contribution in [-0.4, -0.2) is 60.0 Å². The molecule has 0 bridgehead atoms. The molecule has 1 unspecified atom stereocenters. The quantitative estimate of drug-likeness (QED) is 0.818. The van der Waals surface area contributed by atoms with Crippen LogP contribution >= 0.6 is 0 Å². The Kier molecular flexibility index (Phi) is 5.04. The van der Waals surface area contributed by atoms with Crippen LogP contribution in [-0.2, 0) is 17.7 Å². The Labute approximate surface area is 134 Å². The van der Waals surface area contributed by atoms with Crippen LogP contribution in [0, 0.1) is 0 Å². The molecule has 23 heavy (non-hydrogen) atoms. The smallest absolute Gasteiger partial charge is 0.184 e. The molecule has 124 valence electrons. The largest absolute Gasteiger partial charge is 0.493 e. The molecule has 2 aromatic rings. The van der Waals surface area contributed by atoms with E-state index in [4.69, 9.17) is 14.2 Å². The summed E-state index contributed by atoms with van der Waals surface area (Å²) in [6.45, 7) is 2.83. The normalized spacial score (nSPS) is 17.9. The predicted molar refractivity (Wildman–Crippen MR) is 82.8 cm³/mol. The highest BCUT2D eigenvalue weighted by Gasteiger charge is 2.16. The molecule has 0 spiro atoms. The lowest BCUT2D eigenvalue weighted by Gasteiger charge is -2.22. The minimum atomic E-state index is 0.290. The third kappa shape index (κ3) is 3.77. The molecule has 1 aliphatic rings. The summed E-state index contributed by atoms with van der Waals surface area (Å²) in [6.07, 6.45) is 4.41. The molecule has 0 aromatic carbocycles. The Balaban J connectivity index is 1.69. The number of morpholine rings is 1. The van der Waals surface area contributed by atoms with Gasteiger partial charge in [-0.2, -0.15) is 0 Å². The second-order valence-electron chi connectivity index (χ2n) is 5.33. The molecular formula is C15H21N5O3. The van der Waals surface area contributed by atoms with E-state index in [9.17, 15) is 0 Å². The molecule has 0 amide bonds. The zero-order valence-corrected chi connectivity index (χ0v) is 13.4. The van der Waals surface area contributed by atoms with Crippen molar-refractivity contribution >= 4 is 0 Å². The predicted octanol–water partition coefficient (Wildman–Crippen LogP) is 0.270. The first-order chi connectivity index (χ1) is 11.3. The van der Waals surface area contributed by atoms with Gasteiger partial charge in [-0.25, -0.2) is 4.68 Å². The van der Waals surface area contributed by atoms with Crippen molar-refractivity contribution in [1.82, 2.24) is 25.3 Å². The van der Waals surface area contributed by atoms with Crippen LogP contribution in [0.3, 0.4) is 0 Å². The highest BCUT2D eigenvalue weighted by Crippen LogP contribution is 2.29. The Morgan fingerprint density at radius 2 is 2.30 bits per heavy atom. The zero-order chi connectivity index (χ0) is 16.1. The number of aromatic nitrogens is 4. The number of hydrogen-bond donors (Lipinski definition) is 1. The molecule has 3 heterocycles. The van der Waals surface area contributed by atoms with E-state index in [0.29, 0.717) is 30.7 Å². The fourth-order valence-electron chi connectivity index (χ4n) is 2.63. The molecule has 3 rings (SSSR count). The second kappa shape index (κ2) is 7.38. The summed E-state index contributed by atoms with van der Waals surface area (Å²) in [5.41, 5.74) is 1.68. The number of methoxy groups -OCH3 is 2. The summed E-state index contributed by atoms with van der Waals surface area (Å²) in [5.74, 6) is 1.27. The number of rotatable bonds is 6. The summed E-state index contributed by atoms with van der Waals surface area (Å²) in [4.78, 5) is 4.35. The van der Waals surface area contributed by atoms with Crippen LogP contribution in [0.1, 0.15) is 11.4 Å². The lowest BCUT2D eigenvalue weighted by molar-refractivity contribution is 0.0767. The van der Waals surface area contributed by atoms with E-state index in [1.54, 1.807) is 31.2 Å². The van der Waals surface area contributed by atoms with Crippen LogP contribution in [0.5, 0.6) is 11.5 Å². The lowest BCUT2D eigenvalue weighted by atomic mass is 10.1. The molecule has 8 heteroatoms. The molecule has 1 saturated heterocycles. The van der Waals surface area contributed by atoms with Crippen LogP contribution in [0.2, 0.25) is 0 Å². The topological polar surface area (TPSA) is 83.3 Å². The maximum absolute atomic E-state index is 5.45. The molecule has 1 aliphatic heterocycles. The third-order valence-corrected chi connectivity index (χ3v) is 3.72. The van der Waals surface area contributed by atoms with Gasteiger partial charge in [0.2, 0.25) is 0 Å². The Hall–Kier alpha value is -2.19. The first-order valence-electron chi connectivity index (χ1n) is 7.56. The van der Waals surface area contributed by atoms with Crippen molar-refractivity contribution in [3.8, 4) is 11.5 Å². The molecule has 2 aromatic heterocycles. The number of ether oxygens (including phenoxy) is 3. The molecule has 1 fully saturated rings. The summed E-state index contributed by atoms with van der Waals surface area (Å²) < 4.78 is 17.9. The Morgan fingerprint density at radius 1 is 1.39 bits per heavy atom. The van der Waals surface area contributed by atoms with Crippen molar-refractivity contribution in [2.24, 2.45) is 0 Å². The van der Waals surface area contributed by atoms with Crippen molar-refractivity contribution in [2.45, 2.75) is 19.0 Å². The van der Waals surface area contributed by atoms with Gasteiger partial charge < -0.3 is 19.5 Å². The maximum atomic E-state index is 5.45. The van der Waals surface area contributed by atoms with Gasteiger partial charge in [0, 0.05) is 37.5 Å². The standard InChI is InChI=1S/C15H21N5O3/c1-21-14-3-4-17-13(15(14)22-2)9-20-8-11(18-19-20)7-12-10-23-6-5-16-12/h3-4,8,12,16H,5-7,9-10H2,1-2H3. The van der Waals surface area contributed by atoms with E-state index < -0.39 is 0 Å². The molecule has 1 atom stereocenters. The fraction of sp³-hybridized carbons (Fsp3) is 0.533. The Bertz CT molecular complexity index is 640. The van der Waals surface area contributed by atoms with E-state index >= 15 is 0 Å². The molecule has 0 aliphatic carbocycles. The minimum Gasteiger partial charge on any atom is -0.493 e. The van der Waals surface area contributed by atoms with Gasteiger partial charge in [0.25, 0.3) is 0 Å². The van der Waals surface area contributed by atoms with Crippen molar-refractivity contribution in [2.75, 3.05) is 34.0 Å². The fourth-order valence-corrected chi connectivity index (χ4v) is 2.63. The van der Waals surface area contributed by atoms with E-state index in [1.165, 1.54) is 0 Å². The SMILES string of the molecule is COc1ccnc(Cn2cc(CC3COCCN3)nn2)c1OC. The summed E-state index contributed by atoms with van der Waals surface area (Å²) in [7, 11) is 3.21. The second-order valence-corrected chi connectivity index (χ2v) is 5.33. The maximum Gasteiger partial charge on any atom is 0.184 e. The summed E-state index contributed by atoms with van der Waals surface area (Å²) >= 11 is 0. The van der Waals surface area contributed by atoms with Gasteiger partial charge >= 0.3 is 0 Å². The van der Waals surface area contributed by atoms with Crippen LogP contribution < -0.4 is 14.8 Å². The average Bonchev–Trinajstić information content (AvgIpc) is 3.02. The first kappa shape index (κ1) is 15.7. The number of pyridine rings is 1. The zero-order valence-electron chi connectivity index (χ0n) is 13.4. The van der Waals surface area contributed by atoms with E-state index in [2.05, 4.69) is 20.6 Å². The van der Waals surface area contributed by atoms with Crippen molar-refractivity contribution in [3.05, 3.63) is 29.8 Å². The van der Waals surface area contributed by atoms with Gasteiger partial charge in [-0.3, -0.25) is 4.98 Å². The summed E-state index contributed by atoms with van der Waals surface area (Å²) in [5, 5.41) is 11.8. The molecule has 8 nitrogen and oxygen atoms in total. The van der Waals surface area contributed by atoms with Gasteiger partial charge in [0.1, 0.15) is 5.69 Å². The molecule has 0 radical (unpaired) electrons. The molecule has 1 N–H and O–H groups in total. The van der Waals surface area contributed by atoms with Crippen molar-refractivity contribution in [1.29, 1.82) is 0 Å². The highest BCUT2D eigenvalue weighted by atomic mass is 16.5. The molecular weight excluding hydrogens is 298 g/mol. The van der Waals surface area contributed by atoms with E-state index in [0.717, 1.165) is 31.0 Å². The number of nitrogens with zero attached hydrogens (tertiary/aromatic N) is 4. The van der Waals surface area contributed by atoms with Gasteiger partial charge in [-0.05, 0) is 0 Å². The van der Waals surface area contributed by atoms with Crippen LogP contribution in [0.15, 0.2) is 18.5 Å². The van der Waals surface area contributed by atoms with Crippen LogP contribution in [0.25, 0.3) is 0 Å². The lowest BCUT2D eigenvalue weighted by Crippen LogP contribution is -2.42. The van der Waals surface area contributed by atoms with Gasteiger partial charge in [-0.1, -0.05) is 5.21 Å². The average molecular weight is 319 g/mol. The van der Waals surface area contributed by atoms with E-state index in [1.807, 2.05) is 6.20 Å². The van der Waals surface area contributed by atoms with Crippen molar-refractivity contribution in [3.63, 3.8) is 0 Å². The first-order valence-corrected chi connectivity index (χ1v) is 7.56. The monoisotopic (exact) mass is 319 g/mol. The van der Waals surface area contributed by atoms with Gasteiger partial charge in [-0.15, -0.1) is 5.10 Å². The minimum absolute atomic E-state index is 0.290. The molecule has 0 saturated carbocycles. The van der Waals surface area contributed by atoms with E-state index in [-0.39, 0.29) is 0 Å². The number of nitrogens with one attached hydrogen (secondary N) is 1. The Morgan fingerprint density at radius 3 is 3.04 bits per heavy atom. The number of hydrogen-bond acceptors (Lipinski definition) is 7. The van der Waals surface area contributed by atoms with Crippen molar-refractivity contribution < 1.29 is 14.2 Å². The summed E-state index contributed by atoms with van der Waals surface area (Å²) in [6, 6.07) is 2.06. The third-order valence-electron chi connectivity index (χ3n) is 3.72. The van der Waals surface area contributed by atoms with Gasteiger partial charge in [0.05, 0.1) is 39.7 Å². The van der Waals surface area contributed by atoms with Crippen LogP contribution in [0.4, 0.5) is 0 Å².